The number of aryl methyl sites for hydroxylation is 2. The van der Waals surface area contributed by atoms with E-state index in [2.05, 4.69) is 27.1 Å². The average Bonchev–Trinajstić information content (AvgIpc) is 2.64. The molecule has 6 heteroatoms. The van der Waals surface area contributed by atoms with Crippen LogP contribution in [0, 0.1) is 6.92 Å². The zero-order chi connectivity index (χ0) is 16.9. The van der Waals surface area contributed by atoms with Crippen LogP contribution in [0.15, 0.2) is 30.6 Å². The first-order chi connectivity index (χ1) is 11.7. The largest absolute Gasteiger partial charge is 0.378 e. The highest BCUT2D eigenvalue weighted by molar-refractivity contribution is 6.03. The summed E-state index contributed by atoms with van der Waals surface area (Å²) in [5, 5.41) is 2.97. The minimum Gasteiger partial charge on any atom is -0.378 e. The van der Waals surface area contributed by atoms with Gasteiger partial charge in [0.2, 0.25) is 0 Å². The summed E-state index contributed by atoms with van der Waals surface area (Å²) in [4.78, 5) is 23.2. The van der Waals surface area contributed by atoms with Crippen molar-refractivity contribution in [1.29, 1.82) is 0 Å². The van der Waals surface area contributed by atoms with E-state index in [1.165, 1.54) is 6.20 Å². The fourth-order valence-electron chi connectivity index (χ4n) is 2.77. The molecule has 1 N–H and O–H groups in total. The molecular formula is C18H22N4O2. The van der Waals surface area contributed by atoms with Crippen molar-refractivity contribution in [3.05, 3.63) is 47.4 Å². The predicted octanol–water partition coefficient (Wildman–Crippen LogP) is 2.44. The van der Waals surface area contributed by atoms with Gasteiger partial charge < -0.3 is 15.0 Å². The normalized spacial score (nSPS) is 14.5. The van der Waals surface area contributed by atoms with Crippen LogP contribution in [0.3, 0.4) is 0 Å². The summed E-state index contributed by atoms with van der Waals surface area (Å²) in [5.74, 6) is 0.542. The third-order valence-electron chi connectivity index (χ3n) is 4.18. The fraction of sp³-hybridized carbons (Fsp3) is 0.389. The molecule has 0 atom stereocenters. The van der Waals surface area contributed by atoms with Gasteiger partial charge in [-0.3, -0.25) is 4.79 Å². The molecule has 0 spiro atoms. The number of carbonyl (C=O) groups excluding carboxylic acids is 1. The van der Waals surface area contributed by atoms with Crippen molar-refractivity contribution in [2.75, 3.05) is 36.5 Å². The van der Waals surface area contributed by atoms with E-state index in [0.717, 1.165) is 42.1 Å². The van der Waals surface area contributed by atoms with E-state index < -0.39 is 0 Å². The number of nitrogens with zero attached hydrogens (tertiary/aromatic N) is 3. The van der Waals surface area contributed by atoms with Gasteiger partial charge in [0.25, 0.3) is 5.91 Å². The second-order valence-electron chi connectivity index (χ2n) is 5.78. The Morgan fingerprint density at radius 1 is 1.25 bits per heavy atom. The smallest absolute Gasteiger partial charge is 0.275 e. The second kappa shape index (κ2) is 7.40. The van der Waals surface area contributed by atoms with E-state index in [-0.39, 0.29) is 5.91 Å². The number of hydrogen-bond acceptors (Lipinski definition) is 5. The molecule has 24 heavy (non-hydrogen) atoms. The summed E-state index contributed by atoms with van der Waals surface area (Å²) in [6, 6.07) is 6.01. The highest BCUT2D eigenvalue weighted by atomic mass is 16.5. The zero-order valence-electron chi connectivity index (χ0n) is 14.1. The molecule has 1 amide bonds. The Labute approximate surface area is 141 Å². The molecule has 2 heterocycles. The maximum absolute atomic E-state index is 12.5. The van der Waals surface area contributed by atoms with E-state index >= 15 is 0 Å². The van der Waals surface area contributed by atoms with Crippen LogP contribution in [0.25, 0.3) is 0 Å². The van der Waals surface area contributed by atoms with Crippen LogP contribution >= 0.6 is 0 Å². The third kappa shape index (κ3) is 3.54. The van der Waals surface area contributed by atoms with Crippen LogP contribution in [-0.4, -0.2) is 42.2 Å². The van der Waals surface area contributed by atoms with Crippen LogP contribution in [0.2, 0.25) is 0 Å². The highest BCUT2D eigenvalue weighted by Gasteiger charge is 2.15. The van der Waals surface area contributed by atoms with Gasteiger partial charge in [-0.25, -0.2) is 9.97 Å². The van der Waals surface area contributed by atoms with Gasteiger partial charge in [-0.2, -0.15) is 0 Å². The number of ether oxygens (including phenoxy) is 1. The highest BCUT2D eigenvalue weighted by Crippen LogP contribution is 2.21. The number of para-hydroxylation sites is 1. The molecular weight excluding hydrogens is 304 g/mol. The maximum atomic E-state index is 12.5. The molecule has 1 saturated heterocycles. The number of nitrogens with one attached hydrogen (secondary N) is 1. The summed E-state index contributed by atoms with van der Waals surface area (Å²) in [6.07, 6.45) is 4.04. The number of anilines is 2. The lowest BCUT2D eigenvalue weighted by molar-refractivity contribution is 0.102. The van der Waals surface area contributed by atoms with Crippen molar-refractivity contribution < 1.29 is 9.53 Å². The maximum Gasteiger partial charge on any atom is 0.275 e. The van der Waals surface area contributed by atoms with E-state index in [9.17, 15) is 4.79 Å². The molecule has 2 aromatic rings. The third-order valence-corrected chi connectivity index (χ3v) is 4.18. The Bertz CT molecular complexity index is 709. The molecule has 0 bridgehead atoms. The van der Waals surface area contributed by atoms with E-state index in [1.807, 2.05) is 25.1 Å². The van der Waals surface area contributed by atoms with Crippen LogP contribution in [0.1, 0.15) is 28.5 Å². The van der Waals surface area contributed by atoms with Gasteiger partial charge in [-0.1, -0.05) is 25.1 Å². The van der Waals surface area contributed by atoms with Gasteiger partial charge in [-0.15, -0.1) is 0 Å². The number of amides is 1. The fourth-order valence-corrected chi connectivity index (χ4v) is 2.77. The van der Waals surface area contributed by atoms with Crippen LogP contribution in [0.5, 0.6) is 0 Å². The summed E-state index contributed by atoms with van der Waals surface area (Å²) < 4.78 is 5.33. The monoisotopic (exact) mass is 326 g/mol. The van der Waals surface area contributed by atoms with Crippen molar-refractivity contribution >= 4 is 17.4 Å². The van der Waals surface area contributed by atoms with Crippen molar-refractivity contribution in [3.63, 3.8) is 0 Å². The topological polar surface area (TPSA) is 67.4 Å². The predicted molar refractivity (Wildman–Crippen MR) is 93.6 cm³/mol. The van der Waals surface area contributed by atoms with Gasteiger partial charge >= 0.3 is 0 Å². The van der Waals surface area contributed by atoms with Crippen LogP contribution < -0.4 is 10.2 Å². The van der Waals surface area contributed by atoms with Gasteiger partial charge in [0, 0.05) is 18.8 Å². The first-order valence-electron chi connectivity index (χ1n) is 8.23. The molecule has 1 aromatic heterocycles. The molecule has 0 aliphatic carbocycles. The minimum absolute atomic E-state index is 0.236. The molecule has 126 valence electrons. The number of carbonyl (C=O) groups is 1. The van der Waals surface area contributed by atoms with Crippen molar-refractivity contribution in [2.45, 2.75) is 20.3 Å². The Kier molecular flexibility index (Phi) is 5.05. The minimum atomic E-state index is -0.236. The molecule has 0 radical (unpaired) electrons. The molecule has 3 rings (SSSR count). The lowest BCUT2D eigenvalue weighted by atomic mass is 10.1. The molecule has 6 nitrogen and oxygen atoms in total. The Balaban J connectivity index is 1.74. The van der Waals surface area contributed by atoms with E-state index in [0.29, 0.717) is 18.9 Å². The molecule has 1 aliphatic heterocycles. The van der Waals surface area contributed by atoms with Gasteiger partial charge in [-0.05, 0) is 24.5 Å². The molecule has 1 fully saturated rings. The van der Waals surface area contributed by atoms with Gasteiger partial charge in [0.1, 0.15) is 11.5 Å². The summed E-state index contributed by atoms with van der Waals surface area (Å²) >= 11 is 0. The summed E-state index contributed by atoms with van der Waals surface area (Å²) in [7, 11) is 0. The zero-order valence-corrected chi connectivity index (χ0v) is 14.1. The van der Waals surface area contributed by atoms with Crippen molar-refractivity contribution in [2.24, 2.45) is 0 Å². The van der Waals surface area contributed by atoms with Crippen molar-refractivity contribution in [3.8, 4) is 0 Å². The first kappa shape index (κ1) is 16.4. The van der Waals surface area contributed by atoms with E-state index in [1.54, 1.807) is 6.20 Å². The number of aromatic nitrogens is 2. The molecule has 0 saturated carbocycles. The Hall–Kier alpha value is -2.47. The Morgan fingerprint density at radius 2 is 2.04 bits per heavy atom. The summed E-state index contributed by atoms with van der Waals surface area (Å²) in [6.45, 7) is 7.03. The quantitative estimate of drug-likeness (QED) is 0.935. The lowest BCUT2D eigenvalue weighted by Gasteiger charge is -2.27. The van der Waals surface area contributed by atoms with Crippen molar-refractivity contribution in [1.82, 2.24) is 9.97 Å². The number of morpholine rings is 1. The number of benzene rings is 1. The van der Waals surface area contributed by atoms with Crippen LogP contribution in [0.4, 0.5) is 11.5 Å². The second-order valence-corrected chi connectivity index (χ2v) is 5.78. The average molecular weight is 326 g/mol. The first-order valence-corrected chi connectivity index (χ1v) is 8.23. The lowest BCUT2D eigenvalue weighted by Crippen LogP contribution is -2.36. The summed E-state index contributed by atoms with van der Waals surface area (Å²) in [5.41, 5.74) is 3.34. The molecule has 0 unspecified atom stereocenters. The Morgan fingerprint density at radius 3 is 2.71 bits per heavy atom. The number of hydrogen-bond donors (Lipinski definition) is 1. The number of rotatable bonds is 4. The molecule has 1 aliphatic rings. The SMILES string of the molecule is CCc1cccc(C)c1NC(=O)c1cnc(N2CCOCC2)cn1. The van der Waals surface area contributed by atoms with Gasteiger partial charge in [0.15, 0.2) is 0 Å². The standard InChI is InChI=1S/C18H22N4O2/c1-3-14-6-4-5-13(2)17(14)21-18(23)15-11-20-16(12-19-15)22-7-9-24-10-8-22/h4-6,11-12H,3,7-10H2,1-2H3,(H,21,23). The van der Waals surface area contributed by atoms with Gasteiger partial charge in [0.05, 0.1) is 25.6 Å². The molecule has 1 aromatic carbocycles. The van der Waals surface area contributed by atoms with Crippen LogP contribution in [-0.2, 0) is 11.2 Å². The van der Waals surface area contributed by atoms with E-state index in [4.69, 9.17) is 4.74 Å².